The van der Waals surface area contributed by atoms with E-state index < -0.39 is 0 Å². The van der Waals surface area contributed by atoms with Gasteiger partial charge in [-0.3, -0.25) is 4.79 Å². The Balaban J connectivity index is 2.04. The molecule has 3 aromatic rings. The molecule has 0 saturated carbocycles. The van der Waals surface area contributed by atoms with Crippen LogP contribution in [-0.2, 0) is 0 Å². The quantitative estimate of drug-likeness (QED) is 0.713. The second-order valence-electron chi connectivity index (χ2n) is 4.21. The molecule has 0 unspecified atom stereocenters. The summed E-state index contributed by atoms with van der Waals surface area (Å²) in [6, 6.07) is 14.4. The van der Waals surface area contributed by atoms with Crippen LogP contribution in [0, 0.1) is 0 Å². The molecular weight excluding hydrogens is 274 g/mol. The molecule has 0 bridgehead atoms. The molecule has 0 aliphatic carbocycles. The number of nitrogens with zero attached hydrogens (tertiary/aromatic N) is 1. The average molecular weight is 284 g/mol. The normalized spacial score (nSPS) is 11.2. The van der Waals surface area contributed by atoms with Crippen molar-refractivity contribution >= 4 is 34.7 Å². The fraction of sp³-hybridized carbons (Fsp3) is 0. The third kappa shape index (κ3) is 2.49. The van der Waals surface area contributed by atoms with Gasteiger partial charge in [-0.05, 0) is 29.8 Å². The van der Waals surface area contributed by atoms with Crippen molar-refractivity contribution in [3.05, 3.63) is 75.4 Å². The van der Waals surface area contributed by atoms with Gasteiger partial charge in [-0.1, -0.05) is 41.9 Å². The van der Waals surface area contributed by atoms with Gasteiger partial charge in [-0.2, -0.15) is 4.98 Å². The van der Waals surface area contributed by atoms with E-state index >= 15 is 0 Å². The van der Waals surface area contributed by atoms with Crippen LogP contribution in [0.3, 0.4) is 0 Å². The Hall–Kier alpha value is -2.39. The molecule has 20 heavy (non-hydrogen) atoms. The SMILES string of the molecule is O=c1nc(/C=C/c2ccccc2Cl)oc2ccccc12. The van der Waals surface area contributed by atoms with E-state index in [0.717, 1.165) is 5.56 Å². The number of hydrogen-bond donors (Lipinski definition) is 0. The summed E-state index contributed by atoms with van der Waals surface area (Å²) in [7, 11) is 0. The van der Waals surface area contributed by atoms with E-state index in [1.165, 1.54) is 0 Å². The molecule has 3 rings (SSSR count). The Labute approximate surface area is 120 Å². The number of rotatable bonds is 2. The molecule has 1 aromatic heterocycles. The topological polar surface area (TPSA) is 43.1 Å². The lowest BCUT2D eigenvalue weighted by Gasteiger charge is -1.98. The smallest absolute Gasteiger partial charge is 0.284 e. The summed E-state index contributed by atoms with van der Waals surface area (Å²) < 4.78 is 5.56. The van der Waals surface area contributed by atoms with Crippen LogP contribution in [0.4, 0.5) is 0 Å². The van der Waals surface area contributed by atoms with Crippen molar-refractivity contribution < 1.29 is 4.42 Å². The molecule has 0 spiro atoms. The highest BCUT2D eigenvalue weighted by atomic mass is 35.5. The fourth-order valence-electron chi connectivity index (χ4n) is 1.87. The van der Waals surface area contributed by atoms with Crippen molar-refractivity contribution in [1.82, 2.24) is 4.98 Å². The highest BCUT2D eigenvalue weighted by Crippen LogP contribution is 2.18. The molecule has 0 radical (unpaired) electrons. The van der Waals surface area contributed by atoms with Crippen molar-refractivity contribution in [2.45, 2.75) is 0 Å². The Morgan fingerprint density at radius 3 is 2.60 bits per heavy atom. The molecule has 3 nitrogen and oxygen atoms in total. The van der Waals surface area contributed by atoms with Crippen LogP contribution in [-0.4, -0.2) is 4.98 Å². The van der Waals surface area contributed by atoms with Gasteiger partial charge < -0.3 is 4.42 Å². The molecule has 0 fully saturated rings. The van der Waals surface area contributed by atoms with E-state index in [0.29, 0.717) is 16.0 Å². The third-order valence-corrected chi connectivity index (χ3v) is 3.20. The van der Waals surface area contributed by atoms with Gasteiger partial charge in [0, 0.05) is 11.1 Å². The van der Waals surface area contributed by atoms with Crippen molar-refractivity contribution in [3.8, 4) is 0 Å². The van der Waals surface area contributed by atoms with E-state index in [2.05, 4.69) is 4.98 Å². The van der Waals surface area contributed by atoms with Crippen molar-refractivity contribution in [2.75, 3.05) is 0 Å². The zero-order valence-corrected chi connectivity index (χ0v) is 11.2. The average Bonchev–Trinajstić information content (AvgIpc) is 2.46. The van der Waals surface area contributed by atoms with Crippen molar-refractivity contribution in [2.24, 2.45) is 0 Å². The summed E-state index contributed by atoms with van der Waals surface area (Å²) in [6.45, 7) is 0. The lowest BCUT2D eigenvalue weighted by molar-refractivity contribution is 0.563. The highest BCUT2D eigenvalue weighted by molar-refractivity contribution is 6.32. The fourth-order valence-corrected chi connectivity index (χ4v) is 2.07. The molecule has 0 atom stereocenters. The second-order valence-corrected chi connectivity index (χ2v) is 4.62. The minimum Gasteiger partial charge on any atom is -0.438 e. The van der Waals surface area contributed by atoms with E-state index in [9.17, 15) is 4.79 Å². The number of aromatic nitrogens is 1. The van der Waals surface area contributed by atoms with Crippen LogP contribution in [0.15, 0.2) is 57.7 Å². The first kappa shape index (κ1) is 12.6. The maximum atomic E-state index is 11.8. The number of hydrogen-bond acceptors (Lipinski definition) is 3. The molecule has 0 saturated heterocycles. The zero-order valence-electron chi connectivity index (χ0n) is 10.4. The van der Waals surface area contributed by atoms with E-state index in [1.807, 2.05) is 24.3 Å². The summed E-state index contributed by atoms with van der Waals surface area (Å²) >= 11 is 6.05. The first-order valence-electron chi connectivity index (χ1n) is 6.06. The van der Waals surface area contributed by atoms with Gasteiger partial charge in [0.25, 0.3) is 5.56 Å². The summed E-state index contributed by atoms with van der Waals surface area (Å²) in [5, 5.41) is 1.11. The highest BCUT2D eigenvalue weighted by Gasteiger charge is 2.03. The van der Waals surface area contributed by atoms with Gasteiger partial charge in [0.05, 0.1) is 5.39 Å². The molecule has 0 aliphatic heterocycles. The van der Waals surface area contributed by atoms with Crippen molar-refractivity contribution in [1.29, 1.82) is 0 Å². The summed E-state index contributed by atoms with van der Waals surface area (Å²) in [5.74, 6) is 0.258. The predicted octanol–water partition coefficient (Wildman–Crippen LogP) is 4.01. The number of para-hydroxylation sites is 1. The Morgan fingerprint density at radius 2 is 1.75 bits per heavy atom. The minimum absolute atomic E-state index is 0.258. The van der Waals surface area contributed by atoms with Crippen LogP contribution in [0.25, 0.3) is 23.1 Å². The van der Waals surface area contributed by atoms with Gasteiger partial charge in [0.2, 0.25) is 5.89 Å². The summed E-state index contributed by atoms with van der Waals surface area (Å²) in [6.07, 6.45) is 3.40. The Morgan fingerprint density at radius 1 is 1.00 bits per heavy atom. The largest absolute Gasteiger partial charge is 0.438 e. The molecule has 4 heteroatoms. The van der Waals surface area contributed by atoms with E-state index in [1.54, 1.807) is 36.4 Å². The van der Waals surface area contributed by atoms with Crippen molar-refractivity contribution in [3.63, 3.8) is 0 Å². The van der Waals surface area contributed by atoms with Gasteiger partial charge in [0.15, 0.2) is 0 Å². The van der Waals surface area contributed by atoms with E-state index in [-0.39, 0.29) is 11.4 Å². The molecular formula is C16H10ClNO2. The van der Waals surface area contributed by atoms with Gasteiger partial charge in [0.1, 0.15) is 5.58 Å². The minimum atomic E-state index is -0.300. The predicted molar refractivity (Wildman–Crippen MR) is 80.7 cm³/mol. The van der Waals surface area contributed by atoms with Crippen LogP contribution in [0.2, 0.25) is 5.02 Å². The van der Waals surface area contributed by atoms with Crippen LogP contribution < -0.4 is 5.56 Å². The van der Waals surface area contributed by atoms with E-state index in [4.69, 9.17) is 16.0 Å². The van der Waals surface area contributed by atoms with Crippen LogP contribution >= 0.6 is 11.6 Å². The first-order valence-corrected chi connectivity index (χ1v) is 6.44. The Kier molecular flexibility index (Phi) is 3.35. The van der Waals surface area contributed by atoms with Gasteiger partial charge in [-0.15, -0.1) is 0 Å². The maximum Gasteiger partial charge on any atom is 0.284 e. The molecule has 98 valence electrons. The third-order valence-electron chi connectivity index (χ3n) is 2.85. The standard InChI is InChI=1S/C16H10ClNO2/c17-13-7-3-1-5-11(13)9-10-15-18-16(19)12-6-2-4-8-14(12)20-15/h1-10H/b10-9+. The first-order chi connectivity index (χ1) is 9.74. The molecule has 1 heterocycles. The molecule has 2 aromatic carbocycles. The monoisotopic (exact) mass is 283 g/mol. The molecule has 0 N–H and O–H groups in total. The second kappa shape index (κ2) is 5.31. The van der Waals surface area contributed by atoms with Crippen LogP contribution in [0.5, 0.6) is 0 Å². The summed E-state index contributed by atoms with van der Waals surface area (Å²) in [4.78, 5) is 15.7. The lowest BCUT2D eigenvalue weighted by Crippen LogP contribution is -2.06. The molecule has 0 aliphatic rings. The number of halogens is 1. The summed E-state index contributed by atoms with van der Waals surface area (Å²) in [5.41, 5.74) is 1.06. The van der Waals surface area contributed by atoms with Crippen LogP contribution in [0.1, 0.15) is 11.5 Å². The molecule has 0 amide bonds. The number of fused-ring (bicyclic) bond motifs is 1. The number of benzene rings is 2. The van der Waals surface area contributed by atoms with Gasteiger partial charge >= 0.3 is 0 Å². The maximum absolute atomic E-state index is 11.8. The Bertz CT molecular complexity index is 852. The lowest BCUT2D eigenvalue weighted by atomic mass is 10.2. The zero-order chi connectivity index (χ0) is 13.9. The van der Waals surface area contributed by atoms with Gasteiger partial charge in [-0.25, -0.2) is 0 Å².